The summed E-state index contributed by atoms with van der Waals surface area (Å²) in [5.74, 6) is -1.39. The maximum absolute atomic E-state index is 11.4. The predicted molar refractivity (Wildman–Crippen MR) is 117 cm³/mol. The van der Waals surface area contributed by atoms with Crippen molar-refractivity contribution in [2.24, 2.45) is 0 Å². The molecule has 0 aliphatic heterocycles. The standard InChI is InChI=1S/C23H23N3O5/c24-20-13-19(23(27)28)14-21(22(20)26(29)30)31-12-11-25(15-17-7-3-1-4-8-17)16-18-9-5-2-6-10-18/h1-10,13-14H,11-12,15-16,24H2,(H,27,28). The van der Waals surface area contributed by atoms with Crippen LogP contribution >= 0.6 is 0 Å². The lowest BCUT2D eigenvalue weighted by atomic mass is 10.1. The first-order chi connectivity index (χ1) is 14.9. The number of nitrogens with zero attached hydrogens (tertiary/aromatic N) is 2. The Labute approximate surface area is 179 Å². The van der Waals surface area contributed by atoms with E-state index in [4.69, 9.17) is 10.5 Å². The molecular weight excluding hydrogens is 398 g/mol. The number of nitrogen functional groups attached to an aromatic ring is 1. The predicted octanol–water partition coefficient (Wildman–Crippen LogP) is 3.96. The average Bonchev–Trinajstić information content (AvgIpc) is 2.74. The van der Waals surface area contributed by atoms with Gasteiger partial charge in [-0.05, 0) is 17.2 Å². The van der Waals surface area contributed by atoms with Gasteiger partial charge in [-0.2, -0.15) is 0 Å². The zero-order chi connectivity index (χ0) is 22.2. The molecule has 160 valence electrons. The highest BCUT2D eigenvalue weighted by molar-refractivity contribution is 5.91. The molecule has 0 amide bonds. The van der Waals surface area contributed by atoms with E-state index >= 15 is 0 Å². The highest BCUT2D eigenvalue weighted by Crippen LogP contribution is 2.34. The summed E-state index contributed by atoms with van der Waals surface area (Å²) in [5.41, 5.74) is 7.12. The van der Waals surface area contributed by atoms with Crippen LogP contribution in [0.15, 0.2) is 72.8 Å². The van der Waals surface area contributed by atoms with E-state index in [9.17, 15) is 20.0 Å². The van der Waals surface area contributed by atoms with Crippen LogP contribution in [0.2, 0.25) is 0 Å². The highest BCUT2D eigenvalue weighted by atomic mass is 16.6. The molecule has 0 saturated carbocycles. The summed E-state index contributed by atoms with van der Waals surface area (Å²) in [6.07, 6.45) is 0. The number of ether oxygens (including phenoxy) is 1. The number of carbonyl (C=O) groups is 1. The van der Waals surface area contributed by atoms with E-state index in [0.29, 0.717) is 19.6 Å². The van der Waals surface area contributed by atoms with Gasteiger partial charge in [0.05, 0.1) is 10.5 Å². The van der Waals surface area contributed by atoms with Crippen molar-refractivity contribution in [3.8, 4) is 5.75 Å². The number of benzene rings is 3. The van der Waals surface area contributed by atoms with E-state index in [1.807, 2.05) is 60.7 Å². The Morgan fingerprint density at radius 2 is 1.55 bits per heavy atom. The SMILES string of the molecule is Nc1cc(C(=O)O)cc(OCCN(Cc2ccccc2)Cc2ccccc2)c1[N+](=O)[O-]. The Morgan fingerprint density at radius 3 is 2.03 bits per heavy atom. The molecule has 31 heavy (non-hydrogen) atoms. The number of nitro groups is 1. The number of nitro benzene ring substituents is 1. The molecule has 0 aliphatic rings. The van der Waals surface area contributed by atoms with E-state index in [1.54, 1.807) is 0 Å². The van der Waals surface area contributed by atoms with Gasteiger partial charge in [-0.15, -0.1) is 0 Å². The van der Waals surface area contributed by atoms with Crippen LogP contribution in [-0.2, 0) is 13.1 Å². The van der Waals surface area contributed by atoms with E-state index in [1.165, 1.54) is 0 Å². The second-order valence-electron chi connectivity index (χ2n) is 7.00. The Bertz CT molecular complexity index is 1000. The van der Waals surface area contributed by atoms with Gasteiger partial charge in [-0.1, -0.05) is 60.7 Å². The van der Waals surface area contributed by atoms with E-state index in [2.05, 4.69) is 4.90 Å². The van der Waals surface area contributed by atoms with Crippen molar-refractivity contribution in [1.82, 2.24) is 4.90 Å². The number of rotatable bonds is 10. The van der Waals surface area contributed by atoms with Crippen LogP contribution in [-0.4, -0.2) is 34.1 Å². The van der Waals surface area contributed by atoms with Crippen molar-refractivity contribution < 1.29 is 19.6 Å². The van der Waals surface area contributed by atoms with Crippen LogP contribution < -0.4 is 10.5 Å². The molecule has 0 spiro atoms. The molecule has 3 aromatic rings. The van der Waals surface area contributed by atoms with Gasteiger partial charge in [-0.25, -0.2) is 4.79 Å². The highest BCUT2D eigenvalue weighted by Gasteiger charge is 2.23. The molecule has 0 radical (unpaired) electrons. The molecule has 3 N–H and O–H groups in total. The summed E-state index contributed by atoms with van der Waals surface area (Å²) >= 11 is 0. The monoisotopic (exact) mass is 421 g/mol. The molecule has 0 unspecified atom stereocenters. The molecule has 0 fully saturated rings. The summed E-state index contributed by atoms with van der Waals surface area (Å²) < 4.78 is 5.65. The van der Waals surface area contributed by atoms with Crippen LogP contribution in [0.1, 0.15) is 21.5 Å². The molecule has 3 aromatic carbocycles. The number of hydrogen-bond donors (Lipinski definition) is 2. The Hall–Kier alpha value is -3.91. The third-order valence-electron chi connectivity index (χ3n) is 4.70. The zero-order valence-electron chi connectivity index (χ0n) is 16.8. The fourth-order valence-corrected chi connectivity index (χ4v) is 3.24. The minimum absolute atomic E-state index is 0.128. The van der Waals surface area contributed by atoms with E-state index < -0.39 is 16.6 Å². The topological polar surface area (TPSA) is 119 Å². The number of carboxylic acids is 1. The molecule has 3 rings (SSSR count). The van der Waals surface area contributed by atoms with Crippen molar-refractivity contribution in [3.05, 3.63) is 99.6 Å². The van der Waals surface area contributed by atoms with Crippen LogP contribution in [0.25, 0.3) is 0 Å². The van der Waals surface area contributed by atoms with E-state index in [-0.39, 0.29) is 23.6 Å². The first-order valence-corrected chi connectivity index (χ1v) is 9.68. The van der Waals surface area contributed by atoms with Gasteiger partial charge in [0.25, 0.3) is 0 Å². The lowest BCUT2D eigenvalue weighted by Crippen LogP contribution is -2.28. The van der Waals surface area contributed by atoms with Gasteiger partial charge < -0.3 is 15.6 Å². The third-order valence-corrected chi connectivity index (χ3v) is 4.70. The van der Waals surface area contributed by atoms with Gasteiger partial charge in [0.1, 0.15) is 12.3 Å². The fraction of sp³-hybridized carbons (Fsp3) is 0.174. The minimum Gasteiger partial charge on any atom is -0.485 e. The average molecular weight is 421 g/mol. The second-order valence-corrected chi connectivity index (χ2v) is 7.00. The van der Waals surface area contributed by atoms with Crippen LogP contribution in [0.4, 0.5) is 11.4 Å². The second kappa shape index (κ2) is 10.2. The number of hydrogen-bond acceptors (Lipinski definition) is 6. The normalized spacial score (nSPS) is 10.7. The number of nitrogens with two attached hydrogens (primary N) is 1. The number of anilines is 1. The van der Waals surface area contributed by atoms with E-state index in [0.717, 1.165) is 23.3 Å². The Balaban J connectivity index is 1.75. The maximum atomic E-state index is 11.4. The molecule has 0 atom stereocenters. The lowest BCUT2D eigenvalue weighted by molar-refractivity contribution is -0.384. The molecule has 8 heteroatoms. The fourth-order valence-electron chi connectivity index (χ4n) is 3.24. The Kier molecular flexibility index (Phi) is 7.18. The molecule has 0 saturated heterocycles. The van der Waals surface area contributed by atoms with Crippen LogP contribution in [0, 0.1) is 10.1 Å². The van der Waals surface area contributed by atoms with Crippen LogP contribution in [0.3, 0.4) is 0 Å². The summed E-state index contributed by atoms with van der Waals surface area (Å²) in [5, 5.41) is 20.6. The van der Waals surface area contributed by atoms with Crippen molar-refractivity contribution in [1.29, 1.82) is 0 Å². The third kappa shape index (κ3) is 6.03. The zero-order valence-corrected chi connectivity index (χ0v) is 16.8. The molecule has 0 bridgehead atoms. The summed E-state index contributed by atoms with van der Waals surface area (Å²) in [7, 11) is 0. The smallest absolute Gasteiger partial charge is 0.335 e. The Morgan fingerprint density at radius 1 is 1.00 bits per heavy atom. The summed E-state index contributed by atoms with van der Waals surface area (Å²) in [6.45, 7) is 1.93. The van der Waals surface area contributed by atoms with Gasteiger partial charge in [0, 0.05) is 25.7 Å². The van der Waals surface area contributed by atoms with Gasteiger partial charge in [0.15, 0.2) is 5.75 Å². The number of carboxylic acid groups (broad SMARTS) is 1. The molecule has 8 nitrogen and oxygen atoms in total. The van der Waals surface area contributed by atoms with Crippen molar-refractivity contribution >= 4 is 17.3 Å². The molecule has 0 aliphatic carbocycles. The van der Waals surface area contributed by atoms with Gasteiger partial charge in [-0.3, -0.25) is 15.0 Å². The number of aromatic carboxylic acids is 1. The first kappa shape index (κ1) is 21.8. The maximum Gasteiger partial charge on any atom is 0.335 e. The van der Waals surface area contributed by atoms with Crippen molar-refractivity contribution in [2.75, 3.05) is 18.9 Å². The summed E-state index contributed by atoms with van der Waals surface area (Å²) in [6, 6.07) is 22.1. The van der Waals surface area contributed by atoms with Crippen LogP contribution in [0.5, 0.6) is 5.75 Å². The van der Waals surface area contributed by atoms with Gasteiger partial charge >= 0.3 is 11.7 Å². The largest absolute Gasteiger partial charge is 0.485 e. The quantitative estimate of drug-likeness (QED) is 0.289. The van der Waals surface area contributed by atoms with Crippen molar-refractivity contribution in [3.63, 3.8) is 0 Å². The molecule has 0 aromatic heterocycles. The lowest BCUT2D eigenvalue weighted by Gasteiger charge is -2.23. The first-order valence-electron chi connectivity index (χ1n) is 9.68. The molecular formula is C23H23N3O5. The molecule has 0 heterocycles. The van der Waals surface area contributed by atoms with Gasteiger partial charge in [0.2, 0.25) is 0 Å². The van der Waals surface area contributed by atoms with Crippen molar-refractivity contribution in [2.45, 2.75) is 13.1 Å². The minimum atomic E-state index is -1.23. The summed E-state index contributed by atoms with van der Waals surface area (Å²) in [4.78, 5) is 24.2.